The van der Waals surface area contributed by atoms with Gasteiger partial charge in [-0.3, -0.25) is 4.79 Å². The number of carbonyl (C=O) groups is 1. The minimum atomic E-state index is -3.03. The highest BCUT2D eigenvalue weighted by molar-refractivity contribution is 7.80. The average molecular weight is 395 g/mol. The van der Waals surface area contributed by atoms with Gasteiger partial charge in [0.25, 0.3) is 0 Å². The van der Waals surface area contributed by atoms with Crippen LogP contribution in [0.2, 0.25) is 0 Å². The average Bonchev–Trinajstić information content (AvgIpc) is 2.52. The maximum Gasteiger partial charge on any atom is 0.544 e. The van der Waals surface area contributed by atoms with E-state index in [9.17, 15) is 4.79 Å². The molecule has 0 aliphatic heterocycles. The molecule has 0 saturated carbocycles. The molecule has 0 rings (SSSR count). The van der Waals surface area contributed by atoms with Crippen LogP contribution in [0.5, 0.6) is 0 Å². The van der Waals surface area contributed by atoms with E-state index < -0.39 is 14.5 Å². The summed E-state index contributed by atoms with van der Waals surface area (Å²) >= 11 is 4.41. The van der Waals surface area contributed by atoms with Gasteiger partial charge < -0.3 is 18.0 Å². The van der Waals surface area contributed by atoms with Gasteiger partial charge in [0.15, 0.2) is 5.73 Å². The Kier molecular flexibility index (Phi) is 15.0. The zero-order chi connectivity index (χ0) is 19.1. The number of thiol groups is 1. The van der Waals surface area contributed by atoms with E-state index in [0.29, 0.717) is 25.1 Å². The summed E-state index contributed by atoms with van der Waals surface area (Å²) in [4.78, 5) is 11.6. The van der Waals surface area contributed by atoms with Crippen molar-refractivity contribution in [1.29, 1.82) is 0 Å². The third-order valence-corrected chi connectivity index (χ3v) is 7.35. The Labute approximate surface area is 160 Å². The van der Waals surface area contributed by atoms with Crippen LogP contribution in [0.4, 0.5) is 0 Å². The lowest BCUT2D eigenvalue weighted by Gasteiger charge is -2.34. The molecule has 0 N–H and O–H groups in total. The van der Waals surface area contributed by atoms with Gasteiger partial charge in [-0.05, 0) is 45.3 Å². The number of esters is 1. The first-order valence-electron chi connectivity index (χ1n) is 9.68. The first-order valence-corrected chi connectivity index (χ1v) is 12.0. The molecule has 0 aromatic heterocycles. The fraction of sp³-hybridized carbons (Fsp3) is 0.944. The summed E-state index contributed by atoms with van der Waals surface area (Å²) in [6, 6.07) is 0. The molecule has 150 valence electrons. The quantitative estimate of drug-likeness (QED) is 0.180. The maximum atomic E-state index is 11.6. The van der Waals surface area contributed by atoms with Crippen LogP contribution in [0, 0.1) is 0 Å². The molecule has 5 nitrogen and oxygen atoms in total. The van der Waals surface area contributed by atoms with Crippen molar-refractivity contribution in [3.63, 3.8) is 0 Å². The van der Waals surface area contributed by atoms with Crippen LogP contribution in [0.3, 0.4) is 0 Å². The smallest absolute Gasteiger partial charge is 0.458 e. The minimum Gasteiger partial charge on any atom is -0.458 e. The van der Waals surface area contributed by atoms with Gasteiger partial charge in [0.1, 0.15) is 0 Å². The first kappa shape index (κ1) is 24.9. The summed E-state index contributed by atoms with van der Waals surface area (Å²) < 4.78 is 23.3. The van der Waals surface area contributed by atoms with Crippen molar-refractivity contribution in [1.82, 2.24) is 0 Å². The summed E-state index contributed by atoms with van der Waals surface area (Å²) in [5.41, 5.74) is -0.428. The van der Waals surface area contributed by atoms with Gasteiger partial charge in [-0.2, -0.15) is 12.6 Å². The SMILES string of the molecule is CCO[Si](OCC)(OCC)C(CCCCCCCC(C)S)OC(C)=O. The molecule has 0 spiro atoms. The van der Waals surface area contributed by atoms with Crippen LogP contribution in [0.1, 0.15) is 79.6 Å². The highest BCUT2D eigenvalue weighted by Gasteiger charge is 2.51. The van der Waals surface area contributed by atoms with Crippen molar-refractivity contribution in [2.45, 2.75) is 90.5 Å². The number of ether oxygens (including phenoxy) is 1. The standard InChI is InChI=1S/C18H38O5SSi/c1-6-20-25(21-7-2,22-8-3)18(23-17(5)19)15-13-11-9-10-12-14-16(4)24/h16,18,24H,6-15H2,1-5H3. The molecule has 0 heterocycles. The fourth-order valence-corrected chi connectivity index (χ4v) is 5.88. The molecule has 0 bridgehead atoms. The van der Waals surface area contributed by atoms with Crippen LogP contribution in [-0.2, 0) is 22.8 Å². The van der Waals surface area contributed by atoms with E-state index in [-0.39, 0.29) is 5.97 Å². The Balaban J connectivity index is 4.64. The number of rotatable bonds is 16. The molecule has 0 aromatic carbocycles. The van der Waals surface area contributed by atoms with E-state index in [1.807, 2.05) is 20.8 Å². The van der Waals surface area contributed by atoms with Crippen molar-refractivity contribution < 1.29 is 22.8 Å². The van der Waals surface area contributed by atoms with E-state index in [2.05, 4.69) is 19.6 Å². The van der Waals surface area contributed by atoms with Crippen molar-refractivity contribution in [2.24, 2.45) is 0 Å². The second-order valence-corrected chi connectivity index (χ2v) is 9.79. The predicted octanol–water partition coefficient (Wildman–Crippen LogP) is 4.55. The second-order valence-electron chi connectivity index (χ2n) is 6.19. The zero-order valence-corrected chi connectivity index (χ0v) is 18.6. The predicted molar refractivity (Wildman–Crippen MR) is 107 cm³/mol. The molecule has 0 saturated heterocycles. The van der Waals surface area contributed by atoms with Gasteiger partial charge in [-0.25, -0.2) is 0 Å². The summed E-state index contributed by atoms with van der Waals surface area (Å²) in [6.07, 6.45) is 7.56. The highest BCUT2D eigenvalue weighted by atomic mass is 32.1. The molecule has 0 aliphatic carbocycles. The lowest BCUT2D eigenvalue weighted by molar-refractivity contribution is -0.146. The van der Waals surface area contributed by atoms with Gasteiger partial charge in [0.05, 0.1) is 0 Å². The molecule has 2 unspecified atom stereocenters. The number of carbonyl (C=O) groups excluding carboxylic acids is 1. The van der Waals surface area contributed by atoms with E-state index in [0.717, 1.165) is 25.7 Å². The molecule has 0 amide bonds. The Bertz CT molecular complexity index is 324. The number of unbranched alkanes of at least 4 members (excludes halogenated alkanes) is 4. The van der Waals surface area contributed by atoms with Crippen LogP contribution < -0.4 is 0 Å². The summed E-state index contributed by atoms with van der Waals surface area (Å²) in [7, 11) is -3.03. The number of hydrogen-bond acceptors (Lipinski definition) is 6. The molecule has 0 fully saturated rings. The largest absolute Gasteiger partial charge is 0.544 e. The minimum absolute atomic E-state index is 0.316. The Morgan fingerprint density at radius 3 is 1.72 bits per heavy atom. The summed E-state index contributed by atoms with van der Waals surface area (Å²) in [5, 5.41) is 0.476. The Morgan fingerprint density at radius 1 is 0.880 bits per heavy atom. The van der Waals surface area contributed by atoms with Crippen LogP contribution in [0.25, 0.3) is 0 Å². The van der Waals surface area contributed by atoms with Gasteiger partial charge in [0, 0.05) is 26.7 Å². The normalized spacial score (nSPS) is 14.3. The molecular formula is C18H38O5SSi. The van der Waals surface area contributed by atoms with Crippen molar-refractivity contribution in [3.05, 3.63) is 0 Å². The van der Waals surface area contributed by atoms with E-state index in [4.69, 9.17) is 18.0 Å². The monoisotopic (exact) mass is 394 g/mol. The van der Waals surface area contributed by atoms with Crippen molar-refractivity contribution in [2.75, 3.05) is 19.8 Å². The Morgan fingerprint density at radius 2 is 1.32 bits per heavy atom. The van der Waals surface area contributed by atoms with Crippen LogP contribution in [0.15, 0.2) is 0 Å². The third kappa shape index (κ3) is 11.3. The number of hydrogen-bond donors (Lipinski definition) is 1. The Hall–Kier alpha value is -0.0831. The second kappa shape index (κ2) is 15.0. The highest BCUT2D eigenvalue weighted by Crippen LogP contribution is 2.24. The van der Waals surface area contributed by atoms with E-state index >= 15 is 0 Å². The molecule has 0 radical (unpaired) electrons. The van der Waals surface area contributed by atoms with Gasteiger partial charge in [-0.15, -0.1) is 0 Å². The van der Waals surface area contributed by atoms with Gasteiger partial charge in [0.2, 0.25) is 0 Å². The van der Waals surface area contributed by atoms with E-state index in [1.165, 1.54) is 26.2 Å². The van der Waals surface area contributed by atoms with Gasteiger partial charge >= 0.3 is 14.8 Å². The van der Waals surface area contributed by atoms with Crippen LogP contribution >= 0.6 is 12.6 Å². The van der Waals surface area contributed by atoms with Crippen molar-refractivity contribution in [3.8, 4) is 0 Å². The molecule has 2 atom stereocenters. The molecule has 25 heavy (non-hydrogen) atoms. The molecular weight excluding hydrogens is 356 g/mol. The van der Waals surface area contributed by atoms with Crippen LogP contribution in [-0.4, -0.2) is 45.6 Å². The summed E-state index contributed by atoms with van der Waals surface area (Å²) in [6.45, 7) is 10.7. The molecule has 0 aliphatic rings. The van der Waals surface area contributed by atoms with Gasteiger partial charge in [-0.1, -0.05) is 32.6 Å². The first-order chi connectivity index (χ1) is 11.9. The molecule has 0 aromatic rings. The topological polar surface area (TPSA) is 54.0 Å². The summed E-state index contributed by atoms with van der Waals surface area (Å²) in [5.74, 6) is -0.316. The zero-order valence-electron chi connectivity index (χ0n) is 16.7. The molecule has 7 heteroatoms. The maximum absolute atomic E-state index is 11.6. The van der Waals surface area contributed by atoms with E-state index in [1.54, 1.807) is 0 Å². The lowest BCUT2D eigenvalue weighted by atomic mass is 10.1. The van der Waals surface area contributed by atoms with Crippen molar-refractivity contribution >= 4 is 27.4 Å². The fourth-order valence-electron chi connectivity index (χ4n) is 2.82. The lowest BCUT2D eigenvalue weighted by Crippen LogP contribution is -2.58. The third-order valence-electron chi connectivity index (χ3n) is 3.83.